The van der Waals surface area contributed by atoms with Crippen molar-refractivity contribution in [1.29, 1.82) is 0 Å². The van der Waals surface area contributed by atoms with Gasteiger partial charge in [-0.15, -0.1) is 0 Å². The minimum atomic E-state index is 0.715. The van der Waals surface area contributed by atoms with Crippen molar-refractivity contribution < 1.29 is 0 Å². The van der Waals surface area contributed by atoms with E-state index in [1.807, 2.05) is 60.7 Å². The molecule has 4 N–H and O–H groups in total. The summed E-state index contributed by atoms with van der Waals surface area (Å²) in [6, 6.07) is 23.0. The second kappa shape index (κ2) is 6.10. The van der Waals surface area contributed by atoms with Crippen molar-refractivity contribution in [3.05, 3.63) is 72.8 Å². The molecule has 0 unspecified atom stereocenters. The topological polar surface area (TPSA) is 76.8 Å². The molecular weight excluding hydrogens is 272 g/mol. The Labute approximate surface area is 129 Å². The number of rotatable bonds is 3. The smallest absolute Gasteiger partial charge is 0.0858 e. The Balaban J connectivity index is 1.76. The first-order chi connectivity index (χ1) is 10.7. The lowest BCUT2D eigenvalue weighted by Gasteiger charge is -2.02. The third-order valence-corrected chi connectivity index (χ3v) is 3.29. The molecule has 0 fully saturated rings. The molecule has 0 aromatic heterocycles. The van der Waals surface area contributed by atoms with Crippen molar-refractivity contribution in [3.63, 3.8) is 0 Å². The molecule has 0 saturated heterocycles. The van der Waals surface area contributed by atoms with Crippen LogP contribution in [0.2, 0.25) is 0 Å². The van der Waals surface area contributed by atoms with Gasteiger partial charge < -0.3 is 11.5 Å². The molecule has 0 spiro atoms. The van der Waals surface area contributed by atoms with Crippen LogP contribution in [0.25, 0.3) is 11.1 Å². The zero-order valence-corrected chi connectivity index (χ0v) is 12.0. The van der Waals surface area contributed by atoms with E-state index < -0.39 is 0 Å². The molecule has 108 valence electrons. The van der Waals surface area contributed by atoms with Crippen LogP contribution in [0.5, 0.6) is 0 Å². The van der Waals surface area contributed by atoms with E-state index in [1.54, 1.807) is 12.1 Å². The van der Waals surface area contributed by atoms with Gasteiger partial charge in [-0.1, -0.05) is 24.3 Å². The van der Waals surface area contributed by atoms with Gasteiger partial charge in [-0.3, -0.25) is 0 Å². The summed E-state index contributed by atoms with van der Waals surface area (Å²) < 4.78 is 0. The lowest BCUT2D eigenvalue weighted by molar-refractivity contribution is 1.23. The van der Waals surface area contributed by atoms with Crippen LogP contribution in [-0.2, 0) is 0 Å². The Morgan fingerprint density at radius 3 is 1.23 bits per heavy atom. The molecule has 3 aromatic carbocycles. The molecule has 0 aliphatic carbocycles. The molecule has 3 rings (SSSR count). The second-order valence-corrected chi connectivity index (χ2v) is 4.96. The van der Waals surface area contributed by atoms with E-state index in [9.17, 15) is 0 Å². The SMILES string of the molecule is Nc1ccc(/N=N/c2ccc(-c3ccc(N)cc3)cc2)cc1. The summed E-state index contributed by atoms with van der Waals surface area (Å²) in [7, 11) is 0. The van der Waals surface area contributed by atoms with Gasteiger partial charge in [0.2, 0.25) is 0 Å². The summed E-state index contributed by atoms with van der Waals surface area (Å²) in [4.78, 5) is 0. The van der Waals surface area contributed by atoms with Gasteiger partial charge in [-0.05, 0) is 59.7 Å². The number of hydrogen-bond donors (Lipinski definition) is 2. The Bertz CT molecular complexity index is 773. The van der Waals surface area contributed by atoms with E-state index in [-0.39, 0.29) is 0 Å². The Kier molecular flexibility index (Phi) is 3.83. The van der Waals surface area contributed by atoms with Crippen LogP contribution < -0.4 is 11.5 Å². The zero-order valence-electron chi connectivity index (χ0n) is 12.0. The molecule has 0 saturated carbocycles. The van der Waals surface area contributed by atoms with E-state index in [0.29, 0.717) is 5.69 Å². The second-order valence-electron chi connectivity index (χ2n) is 4.96. The minimum Gasteiger partial charge on any atom is -0.399 e. The average molecular weight is 288 g/mol. The zero-order chi connectivity index (χ0) is 15.4. The molecule has 0 aliphatic rings. The van der Waals surface area contributed by atoms with Crippen LogP contribution in [0.15, 0.2) is 83.0 Å². The summed E-state index contributed by atoms with van der Waals surface area (Å²) in [5.41, 5.74) is 16.6. The van der Waals surface area contributed by atoms with Crippen molar-refractivity contribution in [2.75, 3.05) is 11.5 Å². The molecule has 3 aromatic rings. The maximum atomic E-state index is 5.70. The van der Waals surface area contributed by atoms with Crippen LogP contribution in [0.1, 0.15) is 0 Å². The van der Waals surface area contributed by atoms with Gasteiger partial charge in [0.25, 0.3) is 0 Å². The number of azo groups is 1. The monoisotopic (exact) mass is 288 g/mol. The predicted molar refractivity (Wildman–Crippen MR) is 91.3 cm³/mol. The van der Waals surface area contributed by atoms with E-state index in [0.717, 1.165) is 28.2 Å². The molecule has 0 radical (unpaired) electrons. The molecule has 0 amide bonds. The highest BCUT2D eigenvalue weighted by molar-refractivity contribution is 5.67. The van der Waals surface area contributed by atoms with Crippen LogP contribution in [0, 0.1) is 0 Å². The number of hydrogen-bond acceptors (Lipinski definition) is 4. The molecule has 0 aliphatic heterocycles. The quantitative estimate of drug-likeness (QED) is 0.529. The van der Waals surface area contributed by atoms with Crippen LogP contribution in [-0.4, -0.2) is 0 Å². The average Bonchev–Trinajstić information content (AvgIpc) is 2.56. The van der Waals surface area contributed by atoms with E-state index in [1.165, 1.54) is 0 Å². The van der Waals surface area contributed by atoms with Gasteiger partial charge in [-0.2, -0.15) is 10.2 Å². The highest BCUT2D eigenvalue weighted by Gasteiger charge is 1.98. The fourth-order valence-electron chi connectivity index (χ4n) is 2.05. The van der Waals surface area contributed by atoms with Crippen molar-refractivity contribution >= 4 is 22.7 Å². The lowest BCUT2D eigenvalue weighted by atomic mass is 10.1. The predicted octanol–water partition coefficient (Wildman–Crippen LogP) is 4.93. The molecule has 4 nitrogen and oxygen atoms in total. The van der Waals surface area contributed by atoms with E-state index >= 15 is 0 Å². The summed E-state index contributed by atoms with van der Waals surface area (Å²) in [6.07, 6.45) is 0. The first-order valence-corrected chi connectivity index (χ1v) is 6.94. The van der Waals surface area contributed by atoms with Gasteiger partial charge in [0, 0.05) is 11.4 Å². The van der Waals surface area contributed by atoms with Crippen molar-refractivity contribution in [2.45, 2.75) is 0 Å². The lowest BCUT2D eigenvalue weighted by Crippen LogP contribution is -1.83. The first-order valence-electron chi connectivity index (χ1n) is 6.94. The standard InChI is InChI=1S/C18H16N4/c19-15-5-1-13(2-6-15)14-3-9-17(10-4-14)21-22-18-11-7-16(20)8-12-18/h1-12H,19-20H2/b22-21+. The molecular formula is C18H16N4. The highest BCUT2D eigenvalue weighted by Crippen LogP contribution is 2.25. The summed E-state index contributed by atoms with van der Waals surface area (Å²) in [5.74, 6) is 0. The van der Waals surface area contributed by atoms with Gasteiger partial charge in [-0.25, -0.2) is 0 Å². The number of nitrogen functional groups attached to an aromatic ring is 2. The maximum absolute atomic E-state index is 5.70. The van der Waals surface area contributed by atoms with Crippen LogP contribution in [0.3, 0.4) is 0 Å². The number of anilines is 2. The van der Waals surface area contributed by atoms with E-state index in [2.05, 4.69) is 10.2 Å². The Morgan fingerprint density at radius 1 is 0.455 bits per heavy atom. The number of nitrogens with two attached hydrogens (primary N) is 2. The number of benzene rings is 3. The third-order valence-electron chi connectivity index (χ3n) is 3.29. The maximum Gasteiger partial charge on any atom is 0.0858 e. The molecule has 0 bridgehead atoms. The molecule has 0 heterocycles. The van der Waals surface area contributed by atoms with Gasteiger partial charge >= 0.3 is 0 Å². The third kappa shape index (κ3) is 3.30. The normalized spacial score (nSPS) is 10.9. The Hall–Kier alpha value is -3.14. The van der Waals surface area contributed by atoms with Crippen LogP contribution >= 0.6 is 0 Å². The fourth-order valence-corrected chi connectivity index (χ4v) is 2.05. The van der Waals surface area contributed by atoms with Crippen molar-refractivity contribution in [1.82, 2.24) is 0 Å². The summed E-state index contributed by atoms with van der Waals surface area (Å²) >= 11 is 0. The Morgan fingerprint density at radius 2 is 0.773 bits per heavy atom. The van der Waals surface area contributed by atoms with Gasteiger partial charge in [0.1, 0.15) is 0 Å². The number of nitrogens with zero attached hydrogens (tertiary/aromatic N) is 2. The fraction of sp³-hybridized carbons (Fsp3) is 0. The van der Waals surface area contributed by atoms with Crippen LogP contribution in [0.4, 0.5) is 22.7 Å². The van der Waals surface area contributed by atoms with Gasteiger partial charge in [0.05, 0.1) is 11.4 Å². The summed E-state index contributed by atoms with van der Waals surface area (Å²) in [6.45, 7) is 0. The largest absolute Gasteiger partial charge is 0.399 e. The van der Waals surface area contributed by atoms with Crippen molar-refractivity contribution in [3.8, 4) is 11.1 Å². The van der Waals surface area contributed by atoms with Gasteiger partial charge in [0.15, 0.2) is 0 Å². The minimum absolute atomic E-state index is 0.715. The molecule has 4 heteroatoms. The molecule has 0 atom stereocenters. The van der Waals surface area contributed by atoms with Crippen molar-refractivity contribution in [2.24, 2.45) is 10.2 Å². The van der Waals surface area contributed by atoms with E-state index in [4.69, 9.17) is 11.5 Å². The highest BCUT2D eigenvalue weighted by atomic mass is 15.1. The molecule has 22 heavy (non-hydrogen) atoms. The summed E-state index contributed by atoms with van der Waals surface area (Å²) in [5, 5.41) is 8.40. The first kappa shape index (κ1) is 13.8.